The third kappa shape index (κ3) is 7.26. The van der Waals surface area contributed by atoms with Gasteiger partial charge in [0.15, 0.2) is 10.3 Å². The number of carbonyl (C=O) groups excluding carboxylic acids is 1. The molecule has 0 unspecified atom stereocenters. The van der Waals surface area contributed by atoms with Gasteiger partial charge >= 0.3 is 6.03 Å². The number of aliphatic imine (C=N–C) groups is 2. The smallest absolute Gasteiger partial charge is 0.314 e. The lowest BCUT2D eigenvalue weighted by Gasteiger charge is -2.07. The molecule has 22 heavy (non-hydrogen) atoms. The molecule has 2 amide bonds. The van der Waals surface area contributed by atoms with E-state index < -0.39 is 0 Å². The van der Waals surface area contributed by atoms with E-state index in [1.165, 1.54) is 0 Å². The van der Waals surface area contributed by atoms with Crippen molar-refractivity contribution in [2.75, 3.05) is 50.8 Å². The molecule has 0 saturated heterocycles. The summed E-state index contributed by atoms with van der Waals surface area (Å²) in [4.78, 5) is 20.2. The third-order valence-electron chi connectivity index (χ3n) is 2.98. The van der Waals surface area contributed by atoms with Crippen molar-refractivity contribution >= 4 is 39.9 Å². The van der Waals surface area contributed by atoms with Gasteiger partial charge in [0.2, 0.25) is 0 Å². The van der Waals surface area contributed by atoms with Crippen molar-refractivity contribution in [3.8, 4) is 0 Å². The number of urea groups is 1. The summed E-state index contributed by atoms with van der Waals surface area (Å²) in [5, 5.41) is 14.2. The lowest BCUT2D eigenvalue weighted by atomic mass is 10.4. The second-order valence-electron chi connectivity index (χ2n) is 4.81. The van der Waals surface area contributed by atoms with Crippen LogP contribution in [0.2, 0.25) is 0 Å². The van der Waals surface area contributed by atoms with Crippen LogP contribution in [0, 0.1) is 0 Å². The average molecular weight is 345 g/mol. The highest BCUT2D eigenvalue weighted by Gasteiger charge is 2.06. The van der Waals surface area contributed by atoms with Gasteiger partial charge in [0, 0.05) is 37.7 Å². The highest BCUT2D eigenvalue weighted by Crippen LogP contribution is 2.07. The minimum Gasteiger partial charge on any atom is -0.363 e. The van der Waals surface area contributed by atoms with E-state index >= 15 is 0 Å². The SMILES string of the molecule is O=C(NCCCSC1=NCCN1)NCCCSC1=NCCN1. The summed E-state index contributed by atoms with van der Waals surface area (Å²) in [5.74, 6) is 1.94. The molecule has 0 spiro atoms. The van der Waals surface area contributed by atoms with Gasteiger partial charge in [0.05, 0.1) is 13.1 Å². The van der Waals surface area contributed by atoms with Gasteiger partial charge in [-0.3, -0.25) is 9.98 Å². The van der Waals surface area contributed by atoms with Crippen LogP contribution in [0.25, 0.3) is 0 Å². The molecule has 9 heteroatoms. The third-order valence-corrected chi connectivity index (χ3v) is 5.06. The zero-order valence-corrected chi connectivity index (χ0v) is 14.3. The summed E-state index contributed by atoms with van der Waals surface area (Å²) in [6.07, 6.45) is 1.89. The number of rotatable bonds is 8. The maximum absolute atomic E-state index is 11.6. The van der Waals surface area contributed by atoms with E-state index in [4.69, 9.17) is 0 Å². The van der Waals surface area contributed by atoms with Crippen molar-refractivity contribution in [3.05, 3.63) is 0 Å². The molecule has 0 aliphatic carbocycles. The summed E-state index contributed by atoms with van der Waals surface area (Å²) in [7, 11) is 0. The second-order valence-corrected chi connectivity index (χ2v) is 6.98. The van der Waals surface area contributed by atoms with Crippen molar-refractivity contribution in [1.29, 1.82) is 0 Å². The first kappa shape index (κ1) is 17.3. The molecule has 124 valence electrons. The second kappa shape index (κ2) is 10.6. The van der Waals surface area contributed by atoms with E-state index in [0.717, 1.165) is 60.9 Å². The van der Waals surface area contributed by atoms with E-state index in [1.807, 2.05) is 0 Å². The predicted octanol–water partition coefficient (Wildman–Crippen LogP) is 0.451. The van der Waals surface area contributed by atoms with Crippen molar-refractivity contribution < 1.29 is 4.79 Å². The Bertz CT molecular complexity index is 379. The molecule has 2 aliphatic rings. The first-order chi connectivity index (χ1) is 10.8. The summed E-state index contributed by atoms with van der Waals surface area (Å²) in [6.45, 7) is 5.05. The number of thioether (sulfide) groups is 2. The van der Waals surface area contributed by atoms with E-state index in [9.17, 15) is 4.79 Å². The van der Waals surface area contributed by atoms with E-state index in [1.54, 1.807) is 23.5 Å². The summed E-state index contributed by atoms with van der Waals surface area (Å²) in [6, 6.07) is -0.0809. The average Bonchev–Trinajstić information content (AvgIpc) is 3.19. The van der Waals surface area contributed by atoms with Crippen molar-refractivity contribution in [3.63, 3.8) is 0 Å². The van der Waals surface area contributed by atoms with Gasteiger partial charge in [-0.2, -0.15) is 0 Å². The zero-order valence-electron chi connectivity index (χ0n) is 12.7. The van der Waals surface area contributed by atoms with Crippen LogP contribution in [0.1, 0.15) is 12.8 Å². The Hall–Kier alpha value is -1.09. The Balaban J connectivity index is 1.36. The van der Waals surface area contributed by atoms with Gasteiger partial charge in [0.25, 0.3) is 0 Å². The molecule has 2 heterocycles. The fourth-order valence-electron chi connectivity index (χ4n) is 1.89. The van der Waals surface area contributed by atoms with Gasteiger partial charge < -0.3 is 21.3 Å². The van der Waals surface area contributed by atoms with E-state index in [2.05, 4.69) is 31.3 Å². The molecule has 7 nitrogen and oxygen atoms in total. The Labute approximate surface area is 140 Å². The minimum atomic E-state index is -0.0809. The molecule has 0 radical (unpaired) electrons. The van der Waals surface area contributed by atoms with Crippen LogP contribution in [-0.2, 0) is 0 Å². The molecule has 0 fully saturated rings. The molecule has 0 atom stereocenters. The van der Waals surface area contributed by atoms with Crippen LogP contribution in [0.3, 0.4) is 0 Å². The monoisotopic (exact) mass is 344 g/mol. The number of amidine groups is 2. The standard InChI is InChI=1S/C13H24N6OS2/c20-11(14-3-1-9-21-12-16-5-6-17-12)15-4-2-10-22-13-18-7-8-19-13/h1-10H2,(H,16,17)(H,18,19)(H2,14,15,20). The van der Waals surface area contributed by atoms with E-state index in [0.29, 0.717) is 13.1 Å². The van der Waals surface area contributed by atoms with E-state index in [-0.39, 0.29) is 6.03 Å². The molecule has 4 N–H and O–H groups in total. The maximum Gasteiger partial charge on any atom is 0.314 e. The molecule has 2 rings (SSSR count). The molecule has 2 aliphatic heterocycles. The van der Waals surface area contributed by atoms with Crippen LogP contribution in [0.4, 0.5) is 4.79 Å². The van der Waals surface area contributed by atoms with Crippen LogP contribution in [0.5, 0.6) is 0 Å². The molecule has 0 aromatic heterocycles. The first-order valence-electron chi connectivity index (χ1n) is 7.68. The van der Waals surface area contributed by atoms with Crippen LogP contribution >= 0.6 is 23.5 Å². The Morgan fingerprint density at radius 1 is 0.955 bits per heavy atom. The quantitative estimate of drug-likeness (QED) is 0.480. The molecular weight excluding hydrogens is 320 g/mol. The van der Waals surface area contributed by atoms with Gasteiger partial charge in [0.1, 0.15) is 0 Å². The molecule has 0 saturated carbocycles. The largest absolute Gasteiger partial charge is 0.363 e. The Morgan fingerprint density at radius 3 is 1.86 bits per heavy atom. The molecule has 0 aromatic rings. The molecule has 0 aromatic carbocycles. The Morgan fingerprint density at radius 2 is 1.45 bits per heavy atom. The summed E-state index contributed by atoms with van der Waals surface area (Å²) in [5.41, 5.74) is 0. The predicted molar refractivity (Wildman–Crippen MR) is 96.2 cm³/mol. The van der Waals surface area contributed by atoms with Crippen LogP contribution in [0.15, 0.2) is 9.98 Å². The van der Waals surface area contributed by atoms with Gasteiger partial charge in [-0.05, 0) is 12.8 Å². The fourth-order valence-corrected chi connectivity index (χ4v) is 3.63. The van der Waals surface area contributed by atoms with Crippen molar-refractivity contribution in [1.82, 2.24) is 21.3 Å². The number of nitrogens with one attached hydrogen (secondary N) is 4. The summed E-state index contributed by atoms with van der Waals surface area (Å²) < 4.78 is 0. The number of hydrogen-bond acceptors (Lipinski definition) is 7. The summed E-state index contributed by atoms with van der Waals surface area (Å²) >= 11 is 3.44. The van der Waals surface area contributed by atoms with Crippen molar-refractivity contribution in [2.45, 2.75) is 12.8 Å². The topological polar surface area (TPSA) is 89.9 Å². The number of carbonyl (C=O) groups is 1. The maximum atomic E-state index is 11.6. The highest BCUT2D eigenvalue weighted by molar-refractivity contribution is 8.14. The lowest BCUT2D eigenvalue weighted by molar-refractivity contribution is 0.241. The normalized spacial score (nSPS) is 16.5. The number of nitrogens with zero attached hydrogens (tertiary/aromatic N) is 2. The highest BCUT2D eigenvalue weighted by atomic mass is 32.2. The first-order valence-corrected chi connectivity index (χ1v) is 9.65. The van der Waals surface area contributed by atoms with Gasteiger partial charge in [-0.15, -0.1) is 0 Å². The lowest BCUT2D eigenvalue weighted by Crippen LogP contribution is -2.36. The zero-order chi connectivity index (χ0) is 15.5. The molecule has 0 bridgehead atoms. The Kier molecular flexibility index (Phi) is 8.32. The van der Waals surface area contributed by atoms with Crippen LogP contribution in [-0.4, -0.2) is 67.1 Å². The van der Waals surface area contributed by atoms with Gasteiger partial charge in [-0.25, -0.2) is 4.79 Å². The molecular formula is C13H24N6OS2. The number of amides is 2. The van der Waals surface area contributed by atoms with Crippen LogP contribution < -0.4 is 21.3 Å². The number of hydrogen-bond donors (Lipinski definition) is 4. The van der Waals surface area contributed by atoms with Crippen molar-refractivity contribution in [2.24, 2.45) is 9.98 Å². The fraction of sp³-hybridized carbons (Fsp3) is 0.769. The minimum absolute atomic E-state index is 0.0809. The van der Waals surface area contributed by atoms with Gasteiger partial charge in [-0.1, -0.05) is 23.5 Å².